The van der Waals surface area contributed by atoms with Gasteiger partial charge in [0.15, 0.2) is 0 Å². The van der Waals surface area contributed by atoms with Crippen LogP contribution in [-0.2, 0) is 25.5 Å². The Bertz CT molecular complexity index is 1010. The van der Waals surface area contributed by atoms with Gasteiger partial charge >= 0.3 is 5.97 Å². The smallest absolute Gasteiger partial charge is 0.337 e. The second-order valence-corrected chi connectivity index (χ2v) is 7.90. The van der Waals surface area contributed by atoms with E-state index in [-0.39, 0.29) is 24.1 Å². The molecule has 0 aromatic heterocycles. The van der Waals surface area contributed by atoms with Gasteiger partial charge in [-0.15, -0.1) is 0 Å². The molecule has 0 spiro atoms. The number of carbonyl (C=O) groups is 4. The summed E-state index contributed by atoms with van der Waals surface area (Å²) in [6.45, 7) is 2.13. The largest absolute Gasteiger partial charge is 0.465 e. The average molecular weight is 435 g/mol. The van der Waals surface area contributed by atoms with Gasteiger partial charge in [-0.3, -0.25) is 19.3 Å². The van der Waals surface area contributed by atoms with Crippen molar-refractivity contribution in [2.24, 2.45) is 0 Å². The monoisotopic (exact) mass is 435 g/mol. The molecule has 1 atom stereocenters. The van der Waals surface area contributed by atoms with Crippen LogP contribution < -0.4 is 4.90 Å². The maximum absolute atomic E-state index is 13.0. The summed E-state index contributed by atoms with van der Waals surface area (Å²) in [7, 11) is 1.29. The molecule has 2 saturated heterocycles. The van der Waals surface area contributed by atoms with Gasteiger partial charge in [0.1, 0.15) is 0 Å². The Balaban J connectivity index is 1.36. The molecule has 166 valence electrons. The molecular weight excluding hydrogens is 410 g/mol. The zero-order chi connectivity index (χ0) is 22.7. The molecule has 0 N–H and O–H groups in total. The van der Waals surface area contributed by atoms with Crippen LogP contribution in [0.2, 0.25) is 0 Å². The fourth-order valence-electron chi connectivity index (χ4n) is 4.20. The summed E-state index contributed by atoms with van der Waals surface area (Å²) in [6, 6.07) is 15.3. The summed E-state index contributed by atoms with van der Waals surface area (Å²) >= 11 is 0. The molecule has 2 heterocycles. The van der Waals surface area contributed by atoms with E-state index in [0.29, 0.717) is 43.9 Å². The van der Waals surface area contributed by atoms with Crippen LogP contribution in [0.15, 0.2) is 54.6 Å². The highest BCUT2D eigenvalue weighted by molar-refractivity contribution is 6.22. The molecule has 0 bridgehead atoms. The van der Waals surface area contributed by atoms with Crippen molar-refractivity contribution >= 4 is 29.4 Å². The first-order chi connectivity index (χ1) is 15.5. The Hall–Kier alpha value is -3.52. The minimum atomic E-state index is -0.533. The number of anilines is 1. The lowest BCUT2D eigenvalue weighted by molar-refractivity contribution is -0.133. The van der Waals surface area contributed by atoms with Gasteiger partial charge in [-0.1, -0.05) is 30.3 Å². The van der Waals surface area contributed by atoms with E-state index in [1.165, 1.54) is 24.1 Å². The molecule has 2 aliphatic rings. The zero-order valence-corrected chi connectivity index (χ0v) is 17.9. The maximum Gasteiger partial charge on any atom is 0.337 e. The van der Waals surface area contributed by atoms with Crippen molar-refractivity contribution in [3.63, 3.8) is 0 Å². The molecule has 0 saturated carbocycles. The Kier molecular flexibility index (Phi) is 6.32. The summed E-state index contributed by atoms with van der Waals surface area (Å²) in [4.78, 5) is 54.8. The standard InChI is InChI=1S/C24H25N3O5/c1-32-24(31)18-7-9-19(10-8-18)27-22(29)16-20(23(27)30)25-11-13-26(14-12-25)21(28)15-17-5-3-2-4-6-17/h2-10,20H,11-16H2,1H3/t20-/m1/s1. The van der Waals surface area contributed by atoms with Gasteiger partial charge in [0.2, 0.25) is 11.8 Å². The molecule has 0 aliphatic carbocycles. The minimum Gasteiger partial charge on any atom is -0.465 e. The van der Waals surface area contributed by atoms with Gasteiger partial charge in [0.25, 0.3) is 5.91 Å². The second kappa shape index (κ2) is 9.32. The molecular formula is C24H25N3O5. The third kappa shape index (κ3) is 4.40. The van der Waals surface area contributed by atoms with Crippen LogP contribution in [0.1, 0.15) is 22.3 Å². The van der Waals surface area contributed by atoms with E-state index in [9.17, 15) is 19.2 Å². The van der Waals surface area contributed by atoms with E-state index in [2.05, 4.69) is 4.74 Å². The van der Waals surface area contributed by atoms with Gasteiger partial charge in [0.05, 0.1) is 37.2 Å². The first-order valence-electron chi connectivity index (χ1n) is 10.6. The number of carbonyl (C=O) groups excluding carboxylic acids is 4. The van der Waals surface area contributed by atoms with Gasteiger partial charge in [0, 0.05) is 26.2 Å². The summed E-state index contributed by atoms with van der Waals surface area (Å²) in [5.74, 6) is -0.955. The van der Waals surface area contributed by atoms with Gasteiger partial charge in [-0.05, 0) is 29.8 Å². The SMILES string of the molecule is COC(=O)c1ccc(N2C(=O)C[C@@H](N3CCN(C(=O)Cc4ccccc4)CC3)C2=O)cc1. The molecule has 0 unspecified atom stereocenters. The van der Waals surface area contributed by atoms with Crippen LogP contribution in [0.25, 0.3) is 0 Å². The molecule has 8 heteroatoms. The molecule has 4 rings (SSSR count). The predicted octanol–water partition coefficient (Wildman–Crippen LogP) is 1.49. The first-order valence-corrected chi connectivity index (χ1v) is 10.6. The van der Waals surface area contributed by atoms with Crippen molar-refractivity contribution in [1.29, 1.82) is 0 Å². The van der Waals surface area contributed by atoms with E-state index < -0.39 is 12.0 Å². The Morgan fingerprint density at radius 2 is 1.59 bits per heavy atom. The lowest BCUT2D eigenvalue weighted by Gasteiger charge is -2.37. The fraction of sp³-hybridized carbons (Fsp3) is 0.333. The fourth-order valence-corrected chi connectivity index (χ4v) is 4.20. The van der Waals surface area contributed by atoms with Crippen molar-refractivity contribution in [2.45, 2.75) is 18.9 Å². The highest BCUT2D eigenvalue weighted by atomic mass is 16.5. The summed E-state index contributed by atoms with van der Waals surface area (Å²) in [5.41, 5.74) is 1.76. The average Bonchev–Trinajstić information content (AvgIpc) is 3.13. The third-order valence-corrected chi connectivity index (χ3v) is 5.98. The normalized spacial score (nSPS) is 19.3. The molecule has 32 heavy (non-hydrogen) atoms. The van der Waals surface area contributed by atoms with Crippen LogP contribution in [0.4, 0.5) is 5.69 Å². The maximum atomic E-state index is 13.0. The van der Waals surface area contributed by atoms with E-state index in [0.717, 1.165) is 5.56 Å². The number of nitrogens with zero attached hydrogens (tertiary/aromatic N) is 3. The third-order valence-electron chi connectivity index (χ3n) is 5.98. The van der Waals surface area contributed by atoms with Gasteiger partial charge < -0.3 is 9.64 Å². The Morgan fingerprint density at radius 1 is 0.938 bits per heavy atom. The number of ether oxygens (including phenoxy) is 1. The number of hydrogen-bond donors (Lipinski definition) is 0. The number of esters is 1. The van der Waals surface area contributed by atoms with Crippen LogP contribution in [0, 0.1) is 0 Å². The number of rotatable bonds is 5. The number of imide groups is 1. The van der Waals surface area contributed by atoms with E-state index >= 15 is 0 Å². The number of benzene rings is 2. The number of piperazine rings is 1. The number of hydrogen-bond acceptors (Lipinski definition) is 6. The van der Waals surface area contributed by atoms with E-state index in [1.807, 2.05) is 40.1 Å². The number of methoxy groups -OCH3 is 1. The van der Waals surface area contributed by atoms with Crippen molar-refractivity contribution in [1.82, 2.24) is 9.80 Å². The zero-order valence-electron chi connectivity index (χ0n) is 17.9. The second-order valence-electron chi connectivity index (χ2n) is 7.90. The van der Waals surface area contributed by atoms with Gasteiger partial charge in [-0.25, -0.2) is 9.69 Å². The number of amides is 3. The van der Waals surface area contributed by atoms with E-state index in [1.54, 1.807) is 12.1 Å². The molecule has 2 fully saturated rings. The molecule has 3 amide bonds. The lowest BCUT2D eigenvalue weighted by Crippen LogP contribution is -2.54. The molecule has 8 nitrogen and oxygen atoms in total. The lowest BCUT2D eigenvalue weighted by atomic mass is 10.1. The molecule has 2 aromatic carbocycles. The Labute approximate surface area is 186 Å². The molecule has 2 aromatic rings. The summed E-state index contributed by atoms with van der Waals surface area (Å²) in [6.07, 6.45) is 0.465. The van der Waals surface area contributed by atoms with E-state index in [4.69, 9.17) is 0 Å². The van der Waals surface area contributed by atoms with Crippen LogP contribution in [0.3, 0.4) is 0 Å². The topological polar surface area (TPSA) is 87.2 Å². The van der Waals surface area contributed by atoms with Crippen molar-refractivity contribution in [3.8, 4) is 0 Å². The first kappa shape index (κ1) is 21.7. The predicted molar refractivity (Wildman–Crippen MR) is 117 cm³/mol. The quantitative estimate of drug-likeness (QED) is 0.523. The van der Waals surface area contributed by atoms with Crippen molar-refractivity contribution < 1.29 is 23.9 Å². The summed E-state index contributed by atoms with van der Waals surface area (Å²) < 4.78 is 4.68. The molecule has 0 radical (unpaired) electrons. The van der Waals surface area contributed by atoms with Crippen LogP contribution in [-0.4, -0.2) is 72.8 Å². The highest BCUT2D eigenvalue weighted by Crippen LogP contribution is 2.27. The van der Waals surface area contributed by atoms with Crippen LogP contribution in [0.5, 0.6) is 0 Å². The summed E-state index contributed by atoms with van der Waals surface area (Å²) in [5, 5.41) is 0. The highest BCUT2D eigenvalue weighted by Gasteiger charge is 2.43. The van der Waals surface area contributed by atoms with Crippen LogP contribution >= 0.6 is 0 Å². The Morgan fingerprint density at radius 3 is 2.22 bits per heavy atom. The molecule has 2 aliphatic heterocycles. The van der Waals surface area contributed by atoms with Crippen molar-refractivity contribution in [2.75, 3.05) is 38.2 Å². The van der Waals surface area contributed by atoms with Crippen molar-refractivity contribution in [3.05, 3.63) is 65.7 Å². The minimum absolute atomic E-state index is 0.0667. The van der Waals surface area contributed by atoms with Gasteiger partial charge in [-0.2, -0.15) is 0 Å².